The lowest BCUT2D eigenvalue weighted by molar-refractivity contribution is -0.141. The highest BCUT2D eigenvalue weighted by molar-refractivity contribution is 4.72. The third-order valence-electron chi connectivity index (χ3n) is 2.20. The van der Waals surface area contributed by atoms with Crippen molar-refractivity contribution in [3.8, 4) is 0 Å². The number of rotatable bonds is 3. The molecule has 0 aromatic carbocycles. The summed E-state index contributed by atoms with van der Waals surface area (Å²) in [5.41, 5.74) is 5.37. The average Bonchev–Trinajstić information content (AvgIpc) is 2.14. The predicted molar refractivity (Wildman–Crippen MR) is 45.9 cm³/mol. The lowest BCUT2D eigenvalue weighted by Gasteiger charge is -2.32. The molecule has 1 fully saturated rings. The zero-order valence-corrected chi connectivity index (χ0v) is 7.89. The van der Waals surface area contributed by atoms with Gasteiger partial charge in [-0.05, 0) is 0 Å². The van der Waals surface area contributed by atoms with E-state index in [2.05, 4.69) is 0 Å². The van der Waals surface area contributed by atoms with Gasteiger partial charge in [0.2, 0.25) is 0 Å². The van der Waals surface area contributed by atoms with Gasteiger partial charge in [0.25, 0.3) is 0 Å². The van der Waals surface area contributed by atoms with E-state index in [-0.39, 0.29) is 12.6 Å². The lowest BCUT2D eigenvalue weighted by atomic mass is 10.2. The molecule has 14 heavy (non-hydrogen) atoms. The van der Waals surface area contributed by atoms with E-state index in [4.69, 9.17) is 10.5 Å². The summed E-state index contributed by atoms with van der Waals surface area (Å²) < 4.78 is 41.0. The maximum absolute atomic E-state index is 11.9. The normalized spacial score (nSPS) is 25.3. The molecule has 0 aromatic rings. The van der Waals surface area contributed by atoms with E-state index >= 15 is 0 Å². The van der Waals surface area contributed by atoms with Crippen molar-refractivity contribution in [2.45, 2.75) is 18.7 Å². The maximum Gasteiger partial charge on any atom is 0.390 e. The van der Waals surface area contributed by atoms with Crippen LogP contribution in [0, 0.1) is 0 Å². The van der Waals surface area contributed by atoms with Gasteiger partial charge in [0.15, 0.2) is 0 Å². The van der Waals surface area contributed by atoms with Gasteiger partial charge in [0.1, 0.15) is 0 Å². The Morgan fingerprint density at radius 2 is 2.14 bits per heavy atom. The topological polar surface area (TPSA) is 38.5 Å². The van der Waals surface area contributed by atoms with Gasteiger partial charge in [0, 0.05) is 26.2 Å². The van der Waals surface area contributed by atoms with Crippen molar-refractivity contribution < 1.29 is 17.9 Å². The number of morpholine rings is 1. The fourth-order valence-electron chi connectivity index (χ4n) is 1.41. The smallest absolute Gasteiger partial charge is 0.374 e. The van der Waals surface area contributed by atoms with Crippen molar-refractivity contribution in [1.82, 2.24) is 4.90 Å². The first kappa shape index (κ1) is 11.7. The molecule has 6 heteroatoms. The van der Waals surface area contributed by atoms with Crippen molar-refractivity contribution >= 4 is 0 Å². The Balaban J connectivity index is 2.24. The van der Waals surface area contributed by atoms with E-state index in [9.17, 15) is 13.2 Å². The molecule has 0 aromatic heterocycles. The first-order valence-electron chi connectivity index (χ1n) is 4.62. The van der Waals surface area contributed by atoms with Crippen LogP contribution in [0.5, 0.6) is 0 Å². The fraction of sp³-hybridized carbons (Fsp3) is 1.00. The Kier molecular flexibility index (Phi) is 4.15. The molecular formula is C8H15F3N2O. The van der Waals surface area contributed by atoms with Gasteiger partial charge >= 0.3 is 6.18 Å². The number of nitrogens with two attached hydrogens (primary N) is 1. The molecule has 0 aliphatic carbocycles. The zero-order valence-electron chi connectivity index (χ0n) is 7.89. The minimum atomic E-state index is -4.07. The second-order valence-electron chi connectivity index (χ2n) is 3.39. The van der Waals surface area contributed by atoms with Gasteiger partial charge < -0.3 is 10.5 Å². The Hall–Kier alpha value is -0.330. The van der Waals surface area contributed by atoms with Crippen molar-refractivity contribution in [2.24, 2.45) is 5.73 Å². The van der Waals surface area contributed by atoms with Crippen LogP contribution >= 0.6 is 0 Å². The van der Waals surface area contributed by atoms with Crippen LogP contribution in [0.2, 0.25) is 0 Å². The Morgan fingerprint density at radius 1 is 1.43 bits per heavy atom. The van der Waals surface area contributed by atoms with E-state index in [0.717, 1.165) is 0 Å². The van der Waals surface area contributed by atoms with Gasteiger partial charge in [-0.15, -0.1) is 0 Å². The molecule has 1 unspecified atom stereocenters. The van der Waals surface area contributed by atoms with E-state index in [0.29, 0.717) is 26.2 Å². The summed E-state index contributed by atoms with van der Waals surface area (Å²) in [6.07, 6.45) is -4.95. The predicted octanol–water partition coefficient (Wildman–Crippen LogP) is 0.598. The molecule has 1 aliphatic rings. The molecule has 1 atom stereocenters. The number of halogens is 3. The van der Waals surface area contributed by atoms with Crippen LogP contribution in [0.1, 0.15) is 6.42 Å². The number of alkyl halides is 3. The van der Waals surface area contributed by atoms with Crippen molar-refractivity contribution in [3.05, 3.63) is 0 Å². The zero-order chi connectivity index (χ0) is 10.6. The summed E-state index contributed by atoms with van der Waals surface area (Å²) in [5.74, 6) is 0. The van der Waals surface area contributed by atoms with Crippen molar-refractivity contribution in [3.63, 3.8) is 0 Å². The van der Waals surface area contributed by atoms with Crippen molar-refractivity contribution in [2.75, 3.05) is 32.8 Å². The SMILES string of the molecule is NCC1CN(CCC(F)(F)F)CCO1. The van der Waals surface area contributed by atoms with Crippen molar-refractivity contribution in [1.29, 1.82) is 0 Å². The second-order valence-corrected chi connectivity index (χ2v) is 3.39. The lowest BCUT2D eigenvalue weighted by Crippen LogP contribution is -2.46. The van der Waals surface area contributed by atoms with Crippen LogP contribution in [0.25, 0.3) is 0 Å². The molecule has 3 nitrogen and oxygen atoms in total. The van der Waals surface area contributed by atoms with Gasteiger partial charge in [-0.2, -0.15) is 13.2 Å². The van der Waals surface area contributed by atoms with Crippen LogP contribution < -0.4 is 5.73 Å². The van der Waals surface area contributed by atoms with E-state index in [1.807, 2.05) is 0 Å². The molecule has 0 radical (unpaired) electrons. The highest BCUT2D eigenvalue weighted by Crippen LogP contribution is 2.20. The molecule has 0 bridgehead atoms. The Labute approximate surface area is 81.0 Å². The standard InChI is InChI=1S/C8H15F3N2O/c9-8(10,11)1-2-13-3-4-14-7(5-12)6-13/h7H,1-6,12H2. The molecule has 84 valence electrons. The quantitative estimate of drug-likeness (QED) is 0.744. The number of hydrogen-bond acceptors (Lipinski definition) is 3. The van der Waals surface area contributed by atoms with Crippen LogP contribution in [-0.2, 0) is 4.74 Å². The number of nitrogens with zero attached hydrogens (tertiary/aromatic N) is 1. The average molecular weight is 212 g/mol. The van der Waals surface area contributed by atoms with Gasteiger partial charge in [-0.3, -0.25) is 4.90 Å². The highest BCUT2D eigenvalue weighted by atomic mass is 19.4. The molecule has 0 spiro atoms. The van der Waals surface area contributed by atoms with Crippen LogP contribution in [0.15, 0.2) is 0 Å². The summed E-state index contributed by atoms with van der Waals surface area (Å²) >= 11 is 0. The summed E-state index contributed by atoms with van der Waals surface area (Å²) in [7, 11) is 0. The number of ether oxygens (including phenoxy) is 1. The van der Waals surface area contributed by atoms with Crippen LogP contribution in [0.4, 0.5) is 13.2 Å². The largest absolute Gasteiger partial charge is 0.390 e. The van der Waals surface area contributed by atoms with Gasteiger partial charge in [-0.25, -0.2) is 0 Å². The van der Waals surface area contributed by atoms with E-state index < -0.39 is 12.6 Å². The van der Waals surface area contributed by atoms with E-state index in [1.54, 1.807) is 4.90 Å². The molecule has 1 aliphatic heterocycles. The summed E-state index contributed by atoms with van der Waals surface area (Å²) in [5, 5.41) is 0. The third kappa shape index (κ3) is 4.26. The first-order chi connectivity index (χ1) is 6.51. The summed E-state index contributed by atoms with van der Waals surface area (Å²) in [6, 6.07) is 0. The fourth-order valence-corrected chi connectivity index (χ4v) is 1.41. The molecule has 0 saturated carbocycles. The van der Waals surface area contributed by atoms with Gasteiger partial charge in [0.05, 0.1) is 19.1 Å². The maximum atomic E-state index is 11.9. The summed E-state index contributed by atoms with van der Waals surface area (Å²) in [6.45, 7) is 1.95. The van der Waals surface area contributed by atoms with E-state index in [1.165, 1.54) is 0 Å². The molecule has 1 saturated heterocycles. The molecule has 1 rings (SSSR count). The van der Waals surface area contributed by atoms with Gasteiger partial charge in [-0.1, -0.05) is 0 Å². The second kappa shape index (κ2) is 4.95. The third-order valence-corrected chi connectivity index (χ3v) is 2.20. The minimum Gasteiger partial charge on any atom is -0.374 e. The Morgan fingerprint density at radius 3 is 2.71 bits per heavy atom. The first-order valence-corrected chi connectivity index (χ1v) is 4.62. The minimum absolute atomic E-state index is 0.0450. The van der Waals surface area contributed by atoms with Crippen LogP contribution in [0.3, 0.4) is 0 Å². The molecular weight excluding hydrogens is 197 g/mol. The highest BCUT2D eigenvalue weighted by Gasteiger charge is 2.29. The molecule has 0 amide bonds. The Bertz CT molecular complexity index is 174. The molecule has 1 heterocycles. The molecule has 2 N–H and O–H groups in total. The van der Waals surface area contributed by atoms with Crippen LogP contribution in [-0.4, -0.2) is 50.0 Å². The number of hydrogen-bond donors (Lipinski definition) is 1. The monoisotopic (exact) mass is 212 g/mol. The summed E-state index contributed by atoms with van der Waals surface area (Å²) in [4.78, 5) is 1.74.